The monoisotopic (exact) mass is 224 g/mol. The molecule has 92 valence electrons. The zero-order chi connectivity index (χ0) is 11.4. The molecule has 3 heteroatoms. The van der Waals surface area contributed by atoms with E-state index in [1.807, 2.05) is 0 Å². The highest BCUT2D eigenvalue weighted by molar-refractivity contribution is 5.84. The molecule has 1 amide bonds. The van der Waals surface area contributed by atoms with Crippen molar-refractivity contribution in [3.05, 3.63) is 0 Å². The maximum absolute atomic E-state index is 11.7. The minimum Gasteiger partial charge on any atom is -0.368 e. The highest BCUT2D eigenvalue weighted by Gasteiger charge is 2.37. The van der Waals surface area contributed by atoms with E-state index < -0.39 is 0 Å². The number of hydrogen-bond acceptors (Lipinski definition) is 2. The number of hydrogen-bond donors (Lipinski definition) is 2. The van der Waals surface area contributed by atoms with Crippen LogP contribution in [0.15, 0.2) is 0 Å². The van der Waals surface area contributed by atoms with Crippen molar-refractivity contribution in [2.45, 2.75) is 63.3 Å². The first kappa shape index (κ1) is 11.9. The van der Waals surface area contributed by atoms with Crippen LogP contribution < -0.4 is 11.1 Å². The zero-order valence-corrected chi connectivity index (χ0v) is 10.1. The molecule has 0 aromatic carbocycles. The largest absolute Gasteiger partial charge is 0.368 e. The Morgan fingerprint density at radius 1 is 1.12 bits per heavy atom. The highest BCUT2D eigenvalue weighted by Crippen LogP contribution is 2.31. The predicted molar refractivity (Wildman–Crippen MR) is 65.0 cm³/mol. The van der Waals surface area contributed by atoms with Crippen LogP contribution in [0.3, 0.4) is 0 Å². The first-order chi connectivity index (χ1) is 7.73. The van der Waals surface area contributed by atoms with Gasteiger partial charge in [0.15, 0.2) is 0 Å². The molecule has 2 aliphatic carbocycles. The Kier molecular flexibility index (Phi) is 3.85. The fourth-order valence-electron chi connectivity index (χ4n) is 2.68. The van der Waals surface area contributed by atoms with Crippen LogP contribution in [-0.4, -0.2) is 18.0 Å². The fraction of sp³-hybridized carbons (Fsp3) is 0.923. The second kappa shape index (κ2) is 5.17. The molecule has 0 heterocycles. The molecule has 0 aliphatic heterocycles. The van der Waals surface area contributed by atoms with E-state index in [4.69, 9.17) is 5.73 Å². The Bertz CT molecular complexity index is 240. The number of amides is 1. The van der Waals surface area contributed by atoms with Gasteiger partial charge in [-0.25, -0.2) is 0 Å². The summed E-state index contributed by atoms with van der Waals surface area (Å²) in [5, 5.41) is 3.49. The summed E-state index contributed by atoms with van der Waals surface area (Å²) in [4.78, 5) is 11.7. The molecule has 0 atom stereocenters. The molecule has 2 saturated carbocycles. The van der Waals surface area contributed by atoms with E-state index in [0.717, 1.165) is 38.1 Å². The van der Waals surface area contributed by atoms with Gasteiger partial charge in [0.05, 0.1) is 5.54 Å². The smallest absolute Gasteiger partial charge is 0.237 e. The quantitative estimate of drug-likeness (QED) is 0.767. The summed E-state index contributed by atoms with van der Waals surface area (Å²) >= 11 is 0. The number of primary amides is 1. The van der Waals surface area contributed by atoms with E-state index in [-0.39, 0.29) is 11.4 Å². The van der Waals surface area contributed by atoms with Gasteiger partial charge >= 0.3 is 0 Å². The summed E-state index contributed by atoms with van der Waals surface area (Å²) in [6.07, 6.45) is 10.6. The van der Waals surface area contributed by atoms with Crippen molar-refractivity contribution in [2.24, 2.45) is 11.7 Å². The highest BCUT2D eigenvalue weighted by atomic mass is 16.1. The van der Waals surface area contributed by atoms with Crippen molar-refractivity contribution in [3.8, 4) is 0 Å². The molecule has 0 saturated heterocycles. The molecule has 2 rings (SSSR count). The zero-order valence-electron chi connectivity index (χ0n) is 10.1. The Labute approximate surface area is 98.2 Å². The third-order valence-corrected chi connectivity index (χ3v) is 4.10. The predicted octanol–water partition coefficient (Wildman–Crippen LogP) is 1.95. The van der Waals surface area contributed by atoms with Crippen LogP contribution >= 0.6 is 0 Å². The SMILES string of the molecule is NC(=O)C1(NCC2CC2)CCCCCCC1. The standard InChI is InChI=1S/C13H24N2O/c14-12(16)13(15-10-11-6-7-11)8-4-2-1-3-5-9-13/h11,15H,1-10H2,(H2,14,16). The second-order valence-electron chi connectivity index (χ2n) is 5.54. The molecule has 2 aliphatic rings. The summed E-state index contributed by atoms with van der Waals surface area (Å²) in [5.41, 5.74) is 5.24. The Morgan fingerprint density at radius 2 is 1.69 bits per heavy atom. The van der Waals surface area contributed by atoms with Crippen LogP contribution in [0.5, 0.6) is 0 Å². The maximum Gasteiger partial charge on any atom is 0.237 e. The van der Waals surface area contributed by atoms with Gasteiger partial charge in [-0.3, -0.25) is 4.79 Å². The fourth-order valence-corrected chi connectivity index (χ4v) is 2.68. The molecular formula is C13H24N2O. The van der Waals surface area contributed by atoms with Gasteiger partial charge in [0, 0.05) is 0 Å². The molecule has 0 aromatic heterocycles. The van der Waals surface area contributed by atoms with E-state index in [9.17, 15) is 4.79 Å². The van der Waals surface area contributed by atoms with Crippen LogP contribution in [-0.2, 0) is 4.79 Å². The van der Waals surface area contributed by atoms with Crippen molar-refractivity contribution < 1.29 is 4.79 Å². The molecule has 0 bridgehead atoms. The third-order valence-electron chi connectivity index (χ3n) is 4.10. The van der Waals surface area contributed by atoms with Gasteiger partial charge in [-0.15, -0.1) is 0 Å². The second-order valence-corrected chi connectivity index (χ2v) is 5.54. The Hall–Kier alpha value is -0.570. The third kappa shape index (κ3) is 2.97. The van der Waals surface area contributed by atoms with Gasteiger partial charge < -0.3 is 11.1 Å². The average Bonchev–Trinajstić information content (AvgIpc) is 3.00. The van der Waals surface area contributed by atoms with Gasteiger partial charge in [-0.1, -0.05) is 32.1 Å². The van der Waals surface area contributed by atoms with Crippen molar-refractivity contribution in [2.75, 3.05) is 6.54 Å². The molecular weight excluding hydrogens is 200 g/mol. The van der Waals surface area contributed by atoms with Gasteiger partial charge in [0.1, 0.15) is 0 Å². The molecule has 16 heavy (non-hydrogen) atoms. The summed E-state index contributed by atoms with van der Waals surface area (Å²) in [7, 11) is 0. The number of carbonyl (C=O) groups is 1. The van der Waals surface area contributed by atoms with Crippen molar-refractivity contribution in [1.82, 2.24) is 5.32 Å². The van der Waals surface area contributed by atoms with Gasteiger partial charge in [0.2, 0.25) is 5.91 Å². The number of nitrogens with one attached hydrogen (secondary N) is 1. The number of rotatable bonds is 4. The lowest BCUT2D eigenvalue weighted by Gasteiger charge is -2.33. The summed E-state index contributed by atoms with van der Waals surface area (Å²) in [6.45, 7) is 0.989. The minimum atomic E-state index is -0.386. The molecule has 2 fully saturated rings. The van der Waals surface area contributed by atoms with Crippen LogP contribution in [0.4, 0.5) is 0 Å². The molecule has 0 aromatic rings. The number of nitrogens with two attached hydrogens (primary N) is 1. The van der Waals surface area contributed by atoms with Gasteiger partial charge in [-0.05, 0) is 38.1 Å². The van der Waals surface area contributed by atoms with Crippen LogP contribution in [0.1, 0.15) is 57.8 Å². The first-order valence-electron chi connectivity index (χ1n) is 6.78. The lowest BCUT2D eigenvalue weighted by molar-refractivity contribution is -0.125. The summed E-state index contributed by atoms with van der Waals surface area (Å²) < 4.78 is 0. The summed E-state index contributed by atoms with van der Waals surface area (Å²) in [6, 6.07) is 0. The van der Waals surface area contributed by atoms with E-state index in [2.05, 4.69) is 5.32 Å². The topological polar surface area (TPSA) is 55.1 Å². The molecule has 0 radical (unpaired) electrons. The molecule has 0 spiro atoms. The van der Waals surface area contributed by atoms with Gasteiger partial charge in [0.25, 0.3) is 0 Å². The minimum absolute atomic E-state index is 0.130. The van der Waals surface area contributed by atoms with Crippen molar-refractivity contribution in [3.63, 3.8) is 0 Å². The summed E-state index contributed by atoms with van der Waals surface area (Å²) in [5.74, 6) is 0.678. The van der Waals surface area contributed by atoms with Crippen molar-refractivity contribution >= 4 is 5.91 Å². The molecule has 0 unspecified atom stereocenters. The lowest BCUT2D eigenvalue weighted by Crippen LogP contribution is -2.56. The van der Waals surface area contributed by atoms with E-state index in [0.29, 0.717) is 0 Å². The van der Waals surface area contributed by atoms with E-state index in [1.54, 1.807) is 0 Å². The normalized spacial score (nSPS) is 25.8. The van der Waals surface area contributed by atoms with Crippen LogP contribution in [0, 0.1) is 5.92 Å². The Morgan fingerprint density at radius 3 is 2.19 bits per heavy atom. The molecule has 3 nitrogen and oxygen atoms in total. The molecule has 3 N–H and O–H groups in total. The Balaban J connectivity index is 1.95. The van der Waals surface area contributed by atoms with Crippen LogP contribution in [0.2, 0.25) is 0 Å². The van der Waals surface area contributed by atoms with Gasteiger partial charge in [-0.2, -0.15) is 0 Å². The van der Waals surface area contributed by atoms with Crippen molar-refractivity contribution in [1.29, 1.82) is 0 Å². The average molecular weight is 224 g/mol. The number of carbonyl (C=O) groups excluding carboxylic acids is 1. The van der Waals surface area contributed by atoms with E-state index in [1.165, 1.54) is 32.1 Å². The van der Waals surface area contributed by atoms with E-state index >= 15 is 0 Å². The first-order valence-corrected chi connectivity index (χ1v) is 6.78. The maximum atomic E-state index is 11.7. The lowest BCUT2D eigenvalue weighted by atomic mass is 9.83. The van der Waals surface area contributed by atoms with Crippen LogP contribution in [0.25, 0.3) is 0 Å².